The second-order valence-corrected chi connectivity index (χ2v) is 2.14. The van der Waals surface area contributed by atoms with Crippen molar-refractivity contribution < 1.29 is 18.3 Å². The largest absolute Gasteiger partial charge is 0.513 e. The van der Waals surface area contributed by atoms with E-state index in [1.54, 1.807) is 0 Å². The maximum absolute atomic E-state index is 12.0. The van der Waals surface area contributed by atoms with Gasteiger partial charge in [-0.3, -0.25) is 0 Å². The van der Waals surface area contributed by atoms with Gasteiger partial charge in [0.2, 0.25) is 0 Å². The van der Waals surface area contributed by atoms with E-state index in [2.05, 4.69) is 6.58 Å². The maximum atomic E-state index is 12.0. The molecule has 0 aromatic rings. The minimum absolute atomic E-state index is 0.388. The average molecular weight is 178 g/mol. The first-order valence-electron chi connectivity index (χ1n) is 3.15. The fourth-order valence-electron chi connectivity index (χ4n) is 0.576. The zero-order valence-electron chi connectivity index (χ0n) is 6.52. The third-order valence-electron chi connectivity index (χ3n) is 0.989. The van der Waals surface area contributed by atoms with Crippen LogP contribution < -0.4 is 0 Å². The molecule has 0 aliphatic carbocycles. The first kappa shape index (κ1) is 10.8. The maximum Gasteiger partial charge on any atom is 0.416 e. The predicted molar refractivity (Wildman–Crippen MR) is 40.7 cm³/mol. The average Bonchev–Trinajstić information content (AvgIpc) is 1.83. The number of hydrogen-bond acceptors (Lipinski definition) is 1. The molecule has 12 heavy (non-hydrogen) atoms. The number of aliphatic hydroxyl groups is 1. The van der Waals surface area contributed by atoms with Gasteiger partial charge in [0.25, 0.3) is 0 Å². The smallest absolute Gasteiger partial charge is 0.416 e. The summed E-state index contributed by atoms with van der Waals surface area (Å²) in [7, 11) is 0. The van der Waals surface area contributed by atoms with Crippen LogP contribution in [0.25, 0.3) is 0 Å². The number of hydrogen-bond donors (Lipinski definition) is 1. The molecule has 0 amide bonds. The lowest BCUT2D eigenvalue weighted by atomic mass is 10.2. The number of aliphatic hydroxyl groups excluding tert-OH is 1. The van der Waals surface area contributed by atoms with Gasteiger partial charge < -0.3 is 5.11 Å². The van der Waals surface area contributed by atoms with Crippen molar-refractivity contribution >= 4 is 0 Å². The molecule has 0 aromatic carbocycles. The van der Waals surface area contributed by atoms with Crippen LogP contribution in [0.2, 0.25) is 0 Å². The molecule has 0 heterocycles. The van der Waals surface area contributed by atoms with Crippen LogP contribution >= 0.6 is 0 Å². The third kappa shape index (κ3) is 3.85. The Kier molecular flexibility index (Phi) is 3.60. The van der Waals surface area contributed by atoms with E-state index >= 15 is 0 Å². The molecule has 0 aromatic heterocycles. The molecular weight excluding hydrogens is 169 g/mol. The topological polar surface area (TPSA) is 20.2 Å². The molecule has 0 aliphatic heterocycles. The number of rotatable bonds is 2. The van der Waals surface area contributed by atoms with Gasteiger partial charge in [0.05, 0.1) is 11.3 Å². The van der Waals surface area contributed by atoms with E-state index in [1.807, 2.05) is 0 Å². The SMILES string of the molecule is C=C/C=C(\C=C(/C)O)C(F)(F)F. The summed E-state index contributed by atoms with van der Waals surface area (Å²) in [5.41, 5.74) is -0.919. The molecule has 0 rings (SSSR count). The molecule has 0 saturated carbocycles. The molecule has 0 radical (unpaired) electrons. The Morgan fingerprint density at radius 2 is 1.92 bits per heavy atom. The van der Waals surface area contributed by atoms with Gasteiger partial charge in [0, 0.05) is 0 Å². The van der Waals surface area contributed by atoms with E-state index in [9.17, 15) is 13.2 Å². The van der Waals surface area contributed by atoms with Crippen molar-refractivity contribution in [2.45, 2.75) is 13.1 Å². The Labute approximate surface area is 68.5 Å². The van der Waals surface area contributed by atoms with Crippen LogP contribution in [-0.2, 0) is 0 Å². The lowest BCUT2D eigenvalue weighted by Crippen LogP contribution is -2.10. The minimum atomic E-state index is -4.45. The predicted octanol–water partition coefficient (Wildman–Crippen LogP) is 3.12. The molecule has 1 N–H and O–H groups in total. The molecule has 0 spiro atoms. The van der Waals surface area contributed by atoms with Crippen LogP contribution in [0, 0.1) is 0 Å². The van der Waals surface area contributed by atoms with Gasteiger partial charge in [-0.25, -0.2) is 0 Å². The van der Waals surface area contributed by atoms with Crippen molar-refractivity contribution in [3.63, 3.8) is 0 Å². The van der Waals surface area contributed by atoms with Gasteiger partial charge in [-0.1, -0.05) is 18.7 Å². The highest BCUT2D eigenvalue weighted by molar-refractivity contribution is 5.28. The summed E-state index contributed by atoms with van der Waals surface area (Å²) in [6, 6.07) is 0. The summed E-state index contributed by atoms with van der Waals surface area (Å²) in [5, 5.41) is 8.60. The monoisotopic (exact) mass is 178 g/mol. The normalized spacial score (nSPS) is 14.7. The van der Waals surface area contributed by atoms with Gasteiger partial charge in [0.1, 0.15) is 0 Å². The zero-order chi connectivity index (χ0) is 9.78. The highest BCUT2D eigenvalue weighted by atomic mass is 19.4. The standard InChI is InChI=1S/C8H9F3O/c1-3-4-7(5-6(2)12)8(9,10)11/h3-5,12H,1H2,2H3/b6-5+,7-4+. The van der Waals surface area contributed by atoms with E-state index in [4.69, 9.17) is 5.11 Å². The van der Waals surface area contributed by atoms with Crippen molar-refractivity contribution in [2.75, 3.05) is 0 Å². The minimum Gasteiger partial charge on any atom is -0.513 e. The van der Waals surface area contributed by atoms with Gasteiger partial charge in [-0.15, -0.1) is 0 Å². The lowest BCUT2D eigenvalue weighted by Gasteiger charge is -2.06. The summed E-state index contributed by atoms with van der Waals surface area (Å²) in [6.07, 6.45) is -2.00. The van der Waals surface area contributed by atoms with Crippen molar-refractivity contribution in [1.29, 1.82) is 0 Å². The van der Waals surface area contributed by atoms with E-state index in [0.717, 1.165) is 12.2 Å². The summed E-state index contributed by atoms with van der Waals surface area (Å²) < 4.78 is 36.0. The van der Waals surface area contributed by atoms with Crippen LogP contribution in [0.4, 0.5) is 13.2 Å². The zero-order valence-corrected chi connectivity index (χ0v) is 6.52. The quantitative estimate of drug-likeness (QED) is 0.508. The molecule has 0 bridgehead atoms. The summed E-state index contributed by atoms with van der Waals surface area (Å²) in [6.45, 7) is 4.30. The Morgan fingerprint density at radius 1 is 1.42 bits per heavy atom. The van der Waals surface area contributed by atoms with Crippen LogP contribution in [0.5, 0.6) is 0 Å². The van der Waals surface area contributed by atoms with Crippen molar-refractivity contribution in [1.82, 2.24) is 0 Å². The fraction of sp³-hybridized carbons (Fsp3) is 0.250. The van der Waals surface area contributed by atoms with Crippen LogP contribution in [-0.4, -0.2) is 11.3 Å². The van der Waals surface area contributed by atoms with Gasteiger partial charge in [0.15, 0.2) is 0 Å². The Hall–Kier alpha value is -1.19. The highest BCUT2D eigenvalue weighted by Gasteiger charge is 2.31. The molecule has 4 heteroatoms. The first-order valence-corrected chi connectivity index (χ1v) is 3.15. The third-order valence-corrected chi connectivity index (χ3v) is 0.989. The van der Waals surface area contributed by atoms with E-state index in [-0.39, 0.29) is 5.76 Å². The van der Waals surface area contributed by atoms with E-state index < -0.39 is 11.7 Å². The molecule has 0 unspecified atom stereocenters. The van der Waals surface area contributed by atoms with Gasteiger partial charge in [-0.05, 0) is 13.0 Å². The second-order valence-electron chi connectivity index (χ2n) is 2.14. The number of halogens is 3. The first-order chi connectivity index (χ1) is 5.38. The van der Waals surface area contributed by atoms with Gasteiger partial charge in [-0.2, -0.15) is 13.2 Å². The second kappa shape index (κ2) is 3.99. The van der Waals surface area contributed by atoms with Crippen LogP contribution in [0.15, 0.2) is 36.1 Å². The van der Waals surface area contributed by atoms with Crippen molar-refractivity contribution in [3.05, 3.63) is 36.1 Å². The molecule has 0 aliphatic rings. The number of allylic oxidation sites excluding steroid dienone is 5. The summed E-state index contributed by atoms with van der Waals surface area (Å²) in [4.78, 5) is 0. The highest BCUT2D eigenvalue weighted by Crippen LogP contribution is 2.27. The molecule has 68 valence electrons. The summed E-state index contributed by atoms with van der Waals surface area (Å²) in [5.74, 6) is -0.388. The molecule has 0 saturated heterocycles. The molecule has 0 fully saturated rings. The van der Waals surface area contributed by atoms with Crippen molar-refractivity contribution in [2.24, 2.45) is 0 Å². The Morgan fingerprint density at radius 3 is 2.17 bits per heavy atom. The molecular formula is C8H9F3O. The van der Waals surface area contributed by atoms with Crippen LogP contribution in [0.3, 0.4) is 0 Å². The van der Waals surface area contributed by atoms with Gasteiger partial charge >= 0.3 is 6.18 Å². The Bertz CT molecular complexity index is 219. The fourth-order valence-corrected chi connectivity index (χ4v) is 0.576. The molecule has 0 atom stereocenters. The number of alkyl halides is 3. The van der Waals surface area contributed by atoms with E-state index in [1.165, 1.54) is 6.92 Å². The lowest BCUT2D eigenvalue weighted by molar-refractivity contribution is -0.0884. The van der Waals surface area contributed by atoms with E-state index in [0.29, 0.717) is 6.08 Å². The van der Waals surface area contributed by atoms with Crippen molar-refractivity contribution in [3.8, 4) is 0 Å². The molecule has 1 nitrogen and oxygen atoms in total. The van der Waals surface area contributed by atoms with Crippen LogP contribution in [0.1, 0.15) is 6.92 Å². The summed E-state index contributed by atoms with van der Waals surface area (Å²) >= 11 is 0. The Balaban J connectivity index is 4.82.